The van der Waals surface area contributed by atoms with E-state index in [2.05, 4.69) is 15.6 Å². The number of carbonyl (C=O) groups is 2. The molecule has 1 aromatic carbocycles. The van der Waals surface area contributed by atoms with Crippen molar-refractivity contribution in [3.8, 4) is 0 Å². The molecule has 0 spiro atoms. The van der Waals surface area contributed by atoms with Crippen LogP contribution in [0, 0.1) is 0 Å². The summed E-state index contributed by atoms with van der Waals surface area (Å²) in [4.78, 5) is 27.9. The number of amides is 2. The fraction of sp³-hybridized carbons (Fsp3) is 0.278. The number of nitrogens with zero attached hydrogens (tertiary/aromatic N) is 1. The van der Waals surface area contributed by atoms with E-state index in [1.165, 1.54) is 12.4 Å². The maximum Gasteiger partial charge on any atom is 0.253 e. The molecule has 0 aliphatic rings. The summed E-state index contributed by atoms with van der Waals surface area (Å²) in [5.74, 6) is -0.357. The SMILES string of the molecule is CCC(C)NC(=O)c1ccc(CNC(=O)c2ccncc2Cl)cc1. The molecule has 1 aromatic heterocycles. The third kappa shape index (κ3) is 4.80. The lowest BCUT2D eigenvalue weighted by Crippen LogP contribution is -2.31. The monoisotopic (exact) mass is 345 g/mol. The van der Waals surface area contributed by atoms with Crippen LogP contribution in [0.25, 0.3) is 0 Å². The van der Waals surface area contributed by atoms with E-state index in [4.69, 9.17) is 11.6 Å². The highest BCUT2D eigenvalue weighted by Gasteiger charge is 2.10. The van der Waals surface area contributed by atoms with Gasteiger partial charge < -0.3 is 10.6 Å². The van der Waals surface area contributed by atoms with Crippen LogP contribution in [-0.4, -0.2) is 22.8 Å². The molecule has 0 fully saturated rings. The first-order valence-corrected chi connectivity index (χ1v) is 8.16. The van der Waals surface area contributed by atoms with Crippen LogP contribution in [-0.2, 0) is 6.54 Å². The van der Waals surface area contributed by atoms with Gasteiger partial charge in [-0.25, -0.2) is 0 Å². The van der Waals surface area contributed by atoms with Crippen LogP contribution in [0.5, 0.6) is 0 Å². The molecule has 2 aromatic rings. The van der Waals surface area contributed by atoms with Gasteiger partial charge in [-0.15, -0.1) is 0 Å². The van der Waals surface area contributed by atoms with Crippen molar-refractivity contribution in [1.82, 2.24) is 15.6 Å². The molecule has 1 atom stereocenters. The fourth-order valence-electron chi connectivity index (χ4n) is 2.02. The average molecular weight is 346 g/mol. The van der Waals surface area contributed by atoms with Gasteiger partial charge in [0.15, 0.2) is 0 Å². The standard InChI is InChI=1S/C18H20ClN3O2/c1-3-12(2)22-17(23)14-6-4-13(5-7-14)10-21-18(24)15-8-9-20-11-16(15)19/h4-9,11-12H,3,10H2,1-2H3,(H,21,24)(H,22,23). The van der Waals surface area contributed by atoms with Crippen LogP contribution >= 0.6 is 11.6 Å². The summed E-state index contributed by atoms with van der Waals surface area (Å²) < 4.78 is 0. The largest absolute Gasteiger partial charge is 0.350 e. The summed E-state index contributed by atoms with van der Waals surface area (Å²) in [6, 6.07) is 8.85. The number of halogens is 1. The molecule has 1 unspecified atom stereocenters. The Morgan fingerprint density at radius 2 is 1.88 bits per heavy atom. The van der Waals surface area contributed by atoms with Crippen LogP contribution in [0.1, 0.15) is 46.5 Å². The zero-order valence-corrected chi connectivity index (χ0v) is 14.4. The predicted molar refractivity (Wildman–Crippen MR) is 94.1 cm³/mol. The Kier molecular flexibility index (Phi) is 6.32. The molecule has 0 aliphatic heterocycles. The van der Waals surface area contributed by atoms with E-state index in [9.17, 15) is 9.59 Å². The van der Waals surface area contributed by atoms with Gasteiger partial charge in [0.05, 0.1) is 10.6 Å². The molecule has 0 aliphatic carbocycles. The molecule has 0 bridgehead atoms. The smallest absolute Gasteiger partial charge is 0.253 e. The Balaban J connectivity index is 1.93. The normalized spacial score (nSPS) is 11.6. The van der Waals surface area contributed by atoms with Gasteiger partial charge in [0.2, 0.25) is 0 Å². The minimum Gasteiger partial charge on any atom is -0.350 e. The zero-order valence-electron chi connectivity index (χ0n) is 13.7. The summed E-state index contributed by atoms with van der Waals surface area (Å²) in [6.07, 6.45) is 3.83. The average Bonchev–Trinajstić information content (AvgIpc) is 2.60. The topological polar surface area (TPSA) is 71.1 Å². The number of aromatic nitrogens is 1. The number of rotatable bonds is 6. The fourth-order valence-corrected chi connectivity index (χ4v) is 2.23. The van der Waals surface area contributed by atoms with Gasteiger partial charge in [-0.2, -0.15) is 0 Å². The minimum atomic E-state index is -0.263. The number of nitrogens with one attached hydrogen (secondary N) is 2. The Hall–Kier alpha value is -2.40. The third-order valence-corrected chi connectivity index (χ3v) is 3.98. The number of hydrogen-bond donors (Lipinski definition) is 2. The van der Waals surface area contributed by atoms with Gasteiger partial charge in [-0.1, -0.05) is 30.7 Å². The molecule has 5 nitrogen and oxygen atoms in total. The first-order valence-electron chi connectivity index (χ1n) is 7.78. The van der Waals surface area contributed by atoms with E-state index in [1.807, 2.05) is 26.0 Å². The highest BCUT2D eigenvalue weighted by Crippen LogP contribution is 2.13. The first-order chi connectivity index (χ1) is 11.5. The number of pyridine rings is 1. The van der Waals surface area contributed by atoms with E-state index < -0.39 is 0 Å². The number of benzene rings is 1. The lowest BCUT2D eigenvalue weighted by molar-refractivity contribution is 0.0934. The zero-order chi connectivity index (χ0) is 17.5. The van der Waals surface area contributed by atoms with Crippen LogP contribution in [0.3, 0.4) is 0 Å². The number of carbonyl (C=O) groups excluding carboxylic acids is 2. The molecule has 1 heterocycles. The second-order valence-electron chi connectivity index (χ2n) is 5.52. The second-order valence-corrected chi connectivity index (χ2v) is 5.93. The summed E-state index contributed by atoms with van der Waals surface area (Å²) in [5, 5.41) is 6.02. The van der Waals surface area contributed by atoms with Crippen LogP contribution in [0.15, 0.2) is 42.7 Å². The van der Waals surface area contributed by atoms with Crippen molar-refractivity contribution in [2.45, 2.75) is 32.9 Å². The van der Waals surface area contributed by atoms with Crippen molar-refractivity contribution < 1.29 is 9.59 Å². The van der Waals surface area contributed by atoms with Crippen molar-refractivity contribution in [3.63, 3.8) is 0 Å². The summed E-state index contributed by atoms with van der Waals surface area (Å²) >= 11 is 5.94. The van der Waals surface area contributed by atoms with E-state index in [0.29, 0.717) is 22.7 Å². The minimum absolute atomic E-state index is 0.0940. The second kappa shape index (κ2) is 8.45. The Morgan fingerprint density at radius 3 is 2.50 bits per heavy atom. The van der Waals surface area contributed by atoms with E-state index in [-0.39, 0.29) is 17.9 Å². The van der Waals surface area contributed by atoms with Crippen molar-refractivity contribution in [2.75, 3.05) is 0 Å². The van der Waals surface area contributed by atoms with Gasteiger partial charge in [0.25, 0.3) is 11.8 Å². The molecule has 2 N–H and O–H groups in total. The molecule has 2 amide bonds. The summed E-state index contributed by atoms with van der Waals surface area (Å²) in [7, 11) is 0. The maximum absolute atomic E-state index is 12.1. The van der Waals surface area contributed by atoms with Crippen LogP contribution < -0.4 is 10.6 Å². The van der Waals surface area contributed by atoms with Gasteiger partial charge in [0, 0.05) is 30.5 Å². The molecule has 0 saturated carbocycles. The van der Waals surface area contributed by atoms with E-state index in [1.54, 1.807) is 18.2 Å². The Morgan fingerprint density at radius 1 is 1.17 bits per heavy atom. The highest BCUT2D eigenvalue weighted by atomic mass is 35.5. The quantitative estimate of drug-likeness (QED) is 0.844. The predicted octanol–water partition coefficient (Wildman–Crippen LogP) is 3.19. The third-order valence-electron chi connectivity index (χ3n) is 3.68. The molecule has 126 valence electrons. The number of hydrogen-bond acceptors (Lipinski definition) is 3. The lowest BCUT2D eigenvalue weighted by Gasteiger charge is -2.12. The van der Waals surface area contributed by atoms with Gasteiger partial charge in [-0.3, -0.25) is 14.6 Å². The van der Waals surface area contributed by atoms with Crippen molar-refractivity contribution in [3.05, 3.63) is 64.4 Å². The van der Waals surface area contributed by atoms with Crippen LogP contribution in [0.4, 0.5) is 0 Å². The van der Waals surface area contributed by atoms with Gasteiger partial charge in [0.1, 0.15) is 0 Å². The summed E-state index contributed by atoms with van der Waals surface area (Å²) in [5.41, 5.74) is 1.88. The first kappa shape index (κ1) is 17.9. The maximum atomic E-state index is 12.1. The summed E-state index contributed by atoms with van der Waals surface area (Å²) in [6.45, 7) is 4.34. The Labute approximate surface area is 146 Å². The molecule has 24 heavy (non-hydrogen) atoms. The van der Waals surface area contributed by atoms with Gasteiger partial charge >= 0.3 is 0 Å². The molecule has 2 rings (SSSR count). The molecular weight excluding hydrogens is 326 g/mol. The highest BCUT2D eigenvalue weighted by molar-refractivity contribution is 6.33. The molecule has 6 heteroatoms. The lowest BCUT2D eigenvalue weighted by atomic mass is 10.1. The molecule has 0 saturated heterocycles. The van der Waals surface area contributed by atoms with E-state index in [0.717, 1.165) is 12.0 Å². The molecular formula is C18H20ClN3O2. The van der Waals surface area contributed by atoms with Gasteiger partial charge in [-0.05, 0) is 37.1 Å². The van der Waals surface area contributed by atoms with Crippen molar-refractivity contribution in [1.29, 1.82) is 0 Å². The van der Waals surface area contributed by atoms with Crippen LogP contribution in [0.2, 0.25) is 5.02 Å². The molecule has 0 radical (unpaired) electrons. The van der Waals surface area contributed by atoms with E-state index >= 15 is 0 Å². The van der Waals surface area contributed by atoms with Crippen molar-refractivity contribution in [2.24, 2.45) is 0 Å². The Bertz CT molecular complexity index is 716. The van der Waals surface area contributed by atoms with Crippen molar-refractivity contribution >= 4 is 23.4 Å².